The lowest BCUT2D eigenvalue weighted by Crippen LogP contribution is -2.26. The predicted octanol–water partition coefficient (Wildman–Crippen LogP) is 25.5. The van der Waals surface area contributed by atoms with E-state index in [-0.39, 0.29) is 16.2 Å². The van der Waals surface area contributed by atoms with E-state index in [1.54, 1.807) is 0 Å². The zero-order valence-corrected chi connectivity index (χ0v) is 56.8. The lowest BCUT2D eigenvalue weighted by molar-refractivity contribution is 0.659. The molecule has 14 aromatic rings. The highest BCUT2D eigenvalue weighted by atomic mass is 15.1. The number of hydrogen-bond donors (Lipinski definition) is 0. The molecule has 0 aliphatic heterocycles. The second-order valence-corrected chi connectivity index (χ2v) is 29.7. The molecule has 2 nitrogen and oxygen atoms in total. The Bertz CT molecular complexity index is 5500. The molecule has 0 unspecified atom stereocenters. The minimum Gasteiger partial charge on any atom is -0.310 e. The van der Waals surface area contributed by atoms with E-state index in [9.17, 15) is 0 Å². The van der Waals surface area contributed by atoms with Gasteiger partial charge >= 0.3 is 0 Å². The summed E-state index contributed by atoms with van der Waals surface area (Å²) < 4.78 is 0. The Morgan fingerprint density at radius 2 is 0.510 bits per heavy atom. The van der Waals surface area contributed by atoms with E-state index in [0.29, 0.717) is 0 Å². The molecule has 1 spiro atoms. The molecule has 14 aromatic carbocycles. The van der Waals surface area contributed by atoms with Gasteiger partial charge in [0.2, 0.25) is 0 Å². The molecule has 0 aromatic heterocycles. The van der Waals surface area contributed by atoms with E-state index < -0.39 is 5.41 Å². The van der Waals surface area contributed by atoms with Crippen LogP contribution in [0.4, 0.5) is 34.1 Å². The maximum Gasteiger partial charge on any atom is 0.0726 e. The molecule has 0 radical (unpaired) electrons. The summed E-state index contributed by atoms with van der Waals surface area (Å²) in [6.07, 6.45) is 0. The van der Waals surface area contributed by atoms with Crippen LogP contribution in [0, 0.1) is 13.8 Å². The van der Waals surface area contributed by atoms with E-state index in [4.69, 9.17) is 0 Å². The monoisotopic (exact) mass is 1250 g/mol. The van der Waals surface area contributed by atoms with Crippen LogP contribution in [0.25, 0.3) is 89.0 Å². The highest BCUT2D eigenvalue weighted by Crippen LogP contribution is 2.64. The first-order valence-corrected chi connectivity index (χ1v) is 34.9. The second-order valence-electron chi connectivity index (χ2n) is 29.7. The molecule has 0 N–H and O–H groups in total. The van der Waals surface area contributed by atoms with E-state index in [1.807, 2.05) is 0 Å². The van der Waals surface area contributed by atoms with Gasteiger partial charge in [-0.25, -0.2) is 0 Å². The van der Waals surface area contributed by atoms with Gasteiger partial charge in [-0.3, -0.25) is 0 Å². The zero-order valence-electron chi connectivity index (χ0n) is 56.8. The van der Waals surface area contributed by atoms with Crippen LogP contribution >= 0.6 is 0 Å². The van der Waals surface area contributed by atoms with Crippen molar-refractivity contribution in [3.05, 3.63) is 370 Å². The molecule has 0 heterocycles. The Balaban J connectivity index is 0.765. The summed E-state index contributed by atoms with van der Waals surface area (Å²) in [6, 6.07) is 116. The highest BCUT2D eigenvalue weighted by molar-refractivity contribution is 5.98. The number of benzene rings is 14. The fourth-order valence-electron chi connectivity index (χ4n) is 18.5. The number of aryl methyl sites for hydroxylation is 2. The first-order chi connectivity index (χ1) is 47.7. The van der Waals surface area contributed by atoms with Crippen LogP contribution in [0.1, 0.15) is 108 Å². The molecular weight excluding hydrogens is 1180 g/mol. The first kappa shape index (κ1) is 58.1. The van der Waals surface area contributed by atoms with Crippen LogP contribution in [0.5, 0.6) is 0 Å². The average Bonchev–Trinajstić information content (AvgIpc) is 1.51. The molecule has 0 atom stereocenters. The Morgan fingerprint density at radius 1 is 0.194 bits per heavy atom. The van der Waals surface area contributed by atoms with Gasteiger partial charge in [0.15, 0.2) is 0 Å². The van der Waals surface area contributed by atoms with Crippen LogP contribution < -0.4 is 9.80 Å². The second kappa shape index (κ2) is 21.1. The Kier molecular flexibility index (Phi) is 12.5. The molecule has 0 saturated carbocycles. The number of anilines is 6. The van der Waals surface area contributed by atoms with Crippen molar-refractivity contribution in [3.63, 3.8) is 0 Å². The molecule has 5 aliphatic rings. The maximum atomic E-state index is 2.52. The van der Waals surface area contributed by atoms with Gasteiger partial charge < -0.3 is 9.80 Å². The van der Waals surface area contributed by atoms with Crippen LogP contribution in [0.3, 0.4) is 0 Å². The summed E-state index contributed by atoms with van der Waals surface area (Å²) in [5.74, 6) is 0. The largest absolute Gasteiger partial charge is 0.310 e. The number of hydrogen-bond acceptors (Lipinski definition) is 2. The average molecular weight is 1260 g/mol. The smallest absolute Gasteiger partial charge is 0.0726 e. The van der Waals surface area contributed by atoms with Gasteiger partial charge in [0, 0.05) is 50.4 Å². The molecule has 0 saturated heterocycles. The standard InChI is InChI=1S/C96H74N2/c1-59-33-47-76-78-50-44-67(56-89(78)93(3,4)87(76)53-59)98(68-45-51-79-77-48-34-60(2)54-88(77)94(5,6)90(79)57-68)66-43-49-70(82(55-66)61-21-10-9-11-22-61)62-35-39-64(40-36-62)97(65-41-37-63(38-42-65)71-27-20-28-81-75-26-12-16-29-83(75)95(7,8)92(71)81)69-46-52-80-74-25-15-19-32-86(74)96(91(80)58-69)84-30-17-13-23-72(84)73-24-14-18-31-85(73)96/h9-58H,1-8H3. The third-order valence-electron chi connectivity index (χ3n) is 23.2. The number of rotatable bonds is 9. The summed E-state index contributed by atoms with van der Waals surface area (Å²) in [5.41, 5.74) is 42.0. The van der Waals surface area contributed by atoms with Gasteiger partial charge in [0.05, 0.1) is 5.41 Å². The maximum absolute atomic E-state index is 2.52. The minimum absolute atomic E-state index is 0.149. The fourth-order valence-corrected chi connectivity index (χ4v) is 18.5. The van der Waals surface area contributed by atoms with Crippen LogP contribution in [0.2, 0.25) is 0 Å². The quantitative estimate of drug-likeness (QED) is 0.142. The molecule has 2 heteroatoms. The molecule has 98 heavy (non-hydrogen) atoms. The Morgan fingerprint density at radius 3 is 1.00 bits per heavy atom. The van der Waals surface area contributed by atoms with Gasteiger partial charge in [-0.2, -0.15) is 0 Å². The molecule has 0 amide bonds. The molecule has 0 fully saturated rings. The van der Waals surface area contributed by atoms with Gasteiger partial charge in [0.1, 0.15) is 0 Å². The van der Waals surface area contributed by atoms with Gasteiger partial charge in [-0.15, -0.1) is 0 Å². The molecule has 0 bridgehead atoms. The van der Waals surface area contributed by atoms with Crippen LogP contribution in [-0.2, 0) is 21.7 Å². The van der Waals surface area contributed by atoms with Gasteiger partial charge in [0.25, 0.3) is 0 Å². The Labute approximate surface area is 576 Å². The summed E-state index contributed by atoms with van der Waals surface area (Å²) in [7, 11) is 0. The Hall–Kier alpha value is -11.3. The van der Waals surface area contributed by atoms with Gasteiger partial charge in [-0.05, 0) is 231 Å². The summed E-state index contributed by atoms with van der Waals surface area (Å²) in [4.78, 5) is 5.01. The van der Waals surface area contributed by atoms with Crippen LogP contribution in [-0.4, -0.2) is 0 Å². The minimum atomic E-state index is -0.494. The SMILES string of the molecule is Cc1ccc2c(c1)C(C)(C)c1cc(N(c3ccc(-c4ccc(N(c5ccc(-c6cccc7c6C(C)(C)c6ccccc6-7)cc5)c5ccc6c(c5)C5(c7ccccc7-c7ccccc75)c5ccccc5-6)cc4)c(-c4ccccc4)c3)c3ccc4c(c3)C(C)(C)c3cc(C)ccc3-4)ccc1-2. The number of fused-ring (bicyclic) bond motifs is 19. The summed E-state index contributed by atoms with van der Waals surface area (Å²) in [6.45, 7) is 18.8. The van der Waals surface area contributed by atoms with Crippen LogP contribution in [0.15, 0.2) is 303 Å². The van der Waals surface area contributed by atoms with Crippen molar-refractivity contribution in [2.45, 2.75) is 77.0 Å². The first-order valence-electron chi connectivity index (χ1n) is 34.9. The van der Waals surface area contributed by atoms with Crippen molar-refractivity contribution in [1.29, 1.82) is 0 Å². The topological polar surface area (TPSA) is 6.48 Å². The normalized spacial score (nSPS) is 14.9. The lowest BCUT2D eigenvalue weighted by Gasteiger charge is -2.32. The van der Waals surface area contributed by atoms with Gasteiger partial charge in [-0.1, -0.05) is 283 Å². The fraction of sp³-hybridized carbons (Fsp3) is 0.125. The third kappa shape index (κ3) is 8.21. The zero-order chi connectivity index (χ0) is 66.1. The van der Waals surface area contributed by atoms with Crippen molar-refractivity contribution >= 4 is 34.1 Å². The van der Waals surface area contributed by atoms with Crippen molar-refractivity contribution in [2.75, 3.05) is 9.80 Å². The van der Waals surface area contributed by atoms with Crippen molar-refractivity contribution in [3.8, 4) is 89.0 Å². The number of nitrogens with zero attached hydrogens (tertiary/aromatic N) is 2. The molecular formula is C96H74N2. The predicted molar refractivity (Wildman–Crippen MR) is 411 cm³/mol. The van der Waals surface area contributed by atoms with E-state index in [2.05, 4.69) is 369 Å². The lowest BCUT2D eigenvalue weighted by atomic mass is 9.70. The third-order valence-corrected chi connectivity index (χ3v) is 23.2. The van der Waals surface area contributed by atoms with Crippen molar-refractivity contribution < 1.29 is 0 Å². The van der Waals surface area contributed by atoms with Crippen molar-refractivity contribution in [2.24, 2.45) is 0 Å². The summed E-state index contributed by atoms with van der Waals surface area (Å²) in [5, 5.41) is 0. The molecule has 468 valence electrons. The van der Waals surface area contributed by atoms with E-state index in [0.717, 1.165) is 45.3 Å². The highest BCUT2D eigenvalue weighted by Gasteiger charge is 2.52. The van der Waals surface area contributed by atoms with Crippen molar-refractivity contribution in [1.82, 2.24) is 0 Å². The van der Waals surface area contributed by atoms with E-state index >= 15 is 0 Å². The molecule has 5 aliphatic carbocycles. The van der Waals surface area contributed by atoms with E-state index in [1.165, 1.54) is 145 Å². The summed E-state index contributed by atoms with van der Waals surface area (Å²) >= 11 is 0. The molecule has 19 rings (SSSR count).